The summed E-state index contributed by atoms with van der Waals surface area (Å²) in [5.74, 6) is -1.13. The summed E-state index contributed by atoms with van der Waals surface area (Å²) >= 11 is 0. The lowest BCUT2D eigenvalue weighted by Gasteiger charge is -2.38. The molecule has 0 aliphatic carbocycles. The molecule has 2 atom stereocenters. The van der Waals surface area contributed by atoms with Crippen LogP contribution in [-0.2, 0) is 9.53 Å². The van der Waals surface area contributed by atoms with Crippen molar-refractivity contribution in [1.82, 2.24) is 4.90 Å². The van der Waals surface area contributed by atoms with Gasteiger partial charge in [0.1, 0.15) is 5.75 Å². The van der Waals surface area contributed by atoms with Crippen LogP contribution in [0.5, 0.6) is 5.75 Å². The molecule has 2 rings (SSSR count). The van der Waals surface area contributed by atoms with Crippen molar-refractivity contribution in [2.24, 2.45) is 0 Å². The van der Waals surface area contributed by atoms with Gasteiger partial charge in [-0.2, -0.15) is 8.78 Å². The fourth-order valence-corrected chi connectivity index (χ4v) is 3.00. The fourth-order valence-electron chi connectivity index (χ4n) is 3.00. The van der Waals surface area contributed by atoms with Crippen molar-refractivity contribution in [3.05, 3.63) is 29.8 Å². The summed E-state index contributed by atoms with van der Waals surface area (Å²) in [6, 6.07) is 5.52. The van der Waals surface area contributed by atoms with E-state index in [0.717, 1.165) is 25.3 Å². The van der Waals surface area contributed by atoms with Gasteiger partial charge in [0.15, 0.2) is 6.61 Å². The SMILES string of the molecule is C[C@@H]1CCC[C@@H](C)N1C(=O)COC(=O)c1cccc(OC(F)F)c1. The molecule has 0 N–H and O–H groups in total. The second-order valence-electron chi connectivity index (χ2n) is 5.91. The van der Waals surface area contributed by atoms with E-state index in [2.05, 4.69) is 4.74 Å². The third kappa shape index (κ3) is 4.66. The summed E-state index contributed by atoms with van der Waals surface area (Å²) in [4.78, 5) is 26.0. The molecule has 1 aliphatic heterocycles. The summed E-state index contributed by atoms with van der Waals surface area (Å²) in [6.45, 7) is 0.606. The van der Waals surface area contributed by atoms with Crippen LogP contribution < -0.4 is 4.74 Å². The maximum absolute atomic E-state index is 12.3. The lowest BCUT2D eigenvalue weighted by Crippen LogP contribution is -2.49. The Morgan fingerprint density at radius 1 is 1.25 bits per heavy atom. The molecule has 0 unspecified atom stereocenters. The van der Waals surface area contributed by atoms with Gasteiger partial charge in [-0.05, 0) is 51.3 Å². The van der Waals surface area contributed by atoms with E-state index < -0.39 is 12.6 Å². The maximum Gasteiger partial charge on any atom is 0.387 e. The van der Waals surface area contributed by atoms with Gasteiger partial charge in [-0.1, -0.05) is 6.07 Å². The molecule has 0 saturated carbocycles. The summed E-state index contributed by atoms with van der Waals surface area (Å²) in [7, 11) is 0. The fraction of sp³-hybridized carbons (Fsp3) is 0.529. The molecule has 0 bridgehead atoms. The Hall–Kier alpha value is -2.18. The first-order valence-corrected chi connectivity index (χ1v) is 7.91. The molecular formula is C17H21F2NO4. The van der Waals surface area contributed by atoms with Crippen molar-refractivity contribution >= 4 is 11.9 Å². The second kappa shape index (κ2) is 8.08. The molecule has 5 nitrogen and oxygen atoms in total. The zero-order valence-corrected chi connectivity index (χ0v) is 13.7. The molecule has 0 spiro atoms. The van der Waals surface area contributed by atoms with E-state index in [1.165, 1.54) is 18.2 Å². The van der Waals surface area contributed by atoms with Crippen LogP contribution in [0.4, 0.5) is 8.78 Å². The number of likely N-dealkylation sites (tertiary alicyclic amines) is 1. The largest absolute Gasteiger partial charge is 0.452 e. The first-order chi connectivity index (χ1) is 11.4. The van der Waals surface area contributed by atoms with Crippen LogP contribution >= 0.6 is 0 Å². The number of nitrogens with zero attached hydrogens (tertiary/aromatic N) is 1. The van der Waals surface area contributed by atoms with Crippen molar-refractivity contribution < 1.29 is 27.8 Å². The Morgan fingerprint density at radius 3 is 2.54 bits per heavy atom. The summed E-state index contributed by atoms with van der Waals surface area (Å²) in [5.41, 5.74) is 0.0562. The summed E-state index contributed by atoms with van der Waals surface area (Å²) in [6.07, 6.45) is 2.93. The predicted molar refractivity (Wildman–Crippen MR) is 83.0 cm³/mol. The van der Waals surface area contributed by atoms with Gasteiger partial charge in [-0.15, -0.1) is 0 Å². The molecule has 1 heterocycles. The van der Waals surface area contributed by atoms with Gasteiger partial charge in [-0.25, -0.2) is 4.79 Å². The number of esters is 1. The molecule has 1 amide bonds. The van der Waals surface area contributed by atoms with Gasteiger partial charge < -0.3 is 14.4 Å². The van der Waals surface area contributed by atoms with Crippen LogP contribution in [0.3, 0.4) is 0 Å². The number of ether oxygens (including phenoxy) is 2. The number of hydrogen-bond donors (Lipinski definition) is 0. The van der Waals surface area contributed by atoms with Gasteiger partial charge in [0.05, 0.1) is 5.56 Å². The molecule has 0 aromatic heterocycles. The van der Waals surface area contributed by atoms with Crippen LogP contribution in [-0.4, -0.2) is 42.1 Å². The highest BCUT2D eigenvalue weighted by molar-refractivity contribution is 5.91. The van der Waals surface area contributed by atoms with Gasteiger partial charge in [0.2, 0.25) is 0 Å². The van der Waals surface area contributed by atoms with Crippen molar-refractivity contribution in [3.8, 4) is 5.75 Å². The minimum Gasteiger partial charge on any atom is -0.452 e. The average Bonchev–Trinajstić information content (AvgIpc) is 2.52. The Labute approximate surface area is 139 Å². The number of benzene rings is 1. The zero-order chi connectivity index (χ0) is 17.7. The summed E-state index contributed by atoms with van der Waals surface area (Å²) in [5, 5.41) is 0. The third-order valence-corrected chi connectivity index (χ3v) is 4.10. The third-order valence-electron chi connectivity index (χ3n) is 4.10. The number of alkyl halides is 2. The standard InChI is InChI=1S/C17H21F2NO4/c1-11-5-3-6-12(2)20(11)15(21)10-23-16(22)13-7-4-8-14(9-13)24-17(18)19/h4,7-9,11-12,17H,3,5-6,10H2,1-2H3/t11-,12-/m1/s1. The Kier molecular flexibility index (Phi) is 6.11. The molecule has 1 aromatic rings. The van der Waals surface area contributed by atoms with Gasteiger partial charge in [0, 0.05) is 12.1 Å². The van der Waals surface area contributed by atoms with E-state index in [4.69, 9.17) is 4.74 Å². The molecule has 1 aromatic carbocycles. The van der Waals surface area contributed by atoms with E-state index >= 15 is 0 Å². The molecule has 1 fully saturated rings. The highest BCUT2D eigenvalue weighted by Gasteiger charge is 2.29. The molecule has 1 saturated heterocycles. The molecular weight excluding hydrogens is 320 g/mol. The number of halogens is 2. The number of carbonyl (C=O) groups is 2. The quantitative estimate of drug-likeness (QED) is 0.772. The minimum atomic E-state index is -2.97. The number of piperidine rings is 1. The maximum atomic E-state index is 12.3. The van der Waals surface area contributed by atoms with E-state index in [9.17, 15) is 18.4 Å². The normalized spacial score (nSPS) is 20.8. The average molecular weight is 341 g/mol. The van der Waals surface area contributed by atoms with Crippen LogP contribution in [0.15, 0.2) is 24.3 Å². The van der Waals surface area contributed by atoms with Gasteiger partial charge >= 0.3 is 12.6 Å². The van der Waals surface area contributed by atoms with E-state index in [0.29, 0.717) is 0 Å². The summed E-state index contributed by atoms with van der Waals surface area (Å²) < 4.78 is 33.7. The monoisotopic (exact) mass is 341 g/mol. The zero-order valence-electron chi connectivity index (χ0n) is 13.7. The van der Waals surface area contributed by atoms with E-state index in [-0.39, 0.29) is 35.9 Å². The Bertz CT molecular complexity index is 584. The molecule has 132 valence electrons. The Balaban J connectivity index is 1.94. The lowest BCUT2D eigenvalue weighted by molar-refractivity contribution is -0.140. The van der Waals surface area contributed by atoms with Crippen LogP contribution in [0.1, 0.15) is 43.5 Å². The van der Waals surface area contributed by atoms with Crippen molar-refractivity contribution in [2.45, 2.75) is 51.8 Å². The number of rotatable bonds is 5. The smallest absolute Gasteiger partial charge is 0.387 e. The van der Waals surface area contributed by atoms with E-state index in [1.807, 2.05) is 13.8 Å². The number of carbonyl (C=O) groups excluding carboxylic acids is 2. The molecule has 0 radical (unpaired) electrons. The molecule has 1 aliphatic rings. The van der Waals surface area contributed by atoms with Crippen molar-refractivity contribution in [1.29, 1.82) is 0 Å². The van der Waals surface area contributed by atoms with Gasteiger partial charge in [-0.3, -0.25) is 4.79 Å². The molecule has 24 heavy (non-hydrogen) atoms. The minimum absolute atomic E-state index is 0.0562. The number of hydrogen-bond acceptors (Lipinski definition) is 4. The van der Waals surface area contributed by atoms with Gasteiger partial charge in [0.25, 0.3) is 5.91 Å². The van der Waals surface area contributed by atoms with Crippen LogP contribution in [0, 0.1) is 0 Å². The molecule has 7 heteroatoms. The highest BCUT2D eigenvalue weighted by atomic mass is 19.3. The Morgan fingerprint density at radius 2 is 1.92 bits per heavy atom. The lowest BCUT2D eigenvalue weighted by atomic mass is 9.97. The first-order valence-electron chi connectivity index (χ1n) is 7.91. The van der Waals surface area contributed by atoms with Crippen molar-refractivity contribution in [3.63, 3.8) is 0 Å². The number of amides is 1. The van der Waals surface area contributed by atoms with E-state index in [1.54, 1.807) is 4.90 Å². The predicted octanol–water partition coefficient (Wildman–Crippen LogP) is 3.23. The topological polar surface area (TPSA) is 55.8 Å². The van der Waals surface area contributed by atoms with Crippen LogP contribution in [0.2, 0.25) is 0 Å². The highest BCUT2D eigenvalue weighted by Crippen LogP contribution is 2.22. The van der Waals surface area contributed by atoms with Crippen molar-refractivity contribution in [2.75, 3.05) is 6.61 Å². The first kappa shape index (κ1) is 18.2. The second-order valence-corrected chi connectivity index (χ2v) is 5.91. The van der Waals surface area contributed by atoms with Crippen LogP contribution in [0.25, 0.3) is 0 Å².